The predicted molar refractivity (Wildman–Crippen MR) is 90.6 cm³/mol. The summed E-state index contributed by atoms with van der Waals surface area (Å²) in [6.07, 6.45) is -0.655. The van der Waals surface area contributed by atoms with Crippen LogP contribution in [-0.2, 0) is 9.53 Å². The fraction of sp³-hybridized carbons (Fsp3) is 0.400. The first-order chi connectivity index (χ1) is 11.2. The minimum Gasteiger partial charge on any atom is -0.444 e. The van der Waals surface area contributed by atoms with E-state index in [0.717, 1.165) is 4.90 Å². The molecule has 5 N–H and O–H groups in total. The normalized spacial score (nSPS) is 17.2. The molecule has 24 heavy (non-hydrogen) atoms. The van der Waals surface area contributed by atoms with Crippen LogP contribution in [0, 0.1) is 0 Å². The van der Waals surface area contributed by atoms with Crippen LogP contribution >= 0.6 is 11.8 Å². The third-order valence-electron chi connectivity index (χ3n) is 3.04. The summed E-state index contributed by atoms with van der Waals surface area (Å²) in [5.41, 5.74) is 2.22. The lowest BCUT2D eigenvalue weighted by molar-refractivity contribution is -0.117. The standard InChI is InChI=1S/C15H20N4O4S/c1-15(2,3)23-14(22)18-10-7-24-11-5-4-8(12(20)19-16)6-9(11)17-13(10)21/h4-6,10H,7,16H2,1-3H3,(H,17,21)(H,18,22)(H,19,20)/t10-/m0/s1. The zero-order chi connectivity index (χ0) is 17.9. The van der Waals surface area contributed by atoms with Gasteiger partial charge in [0.05, 0.1) is 5.69 Å². The number of carbonyl (C=O) groups excluding carboxylic acids is 3. The molecule has 0 unspecified atom stereocenters. The molecule has 8 nitrogen and oxygen atoms in total. The number of hydrogen-bond donors (Lipinski definition) is 4. The third kappa shape index (κ3) is 4.62. The van der Waals surface area contributed by atoms with Crippen molar-refractivity contribution in [1.82, 2.24) is 10.7 Å². The Bertz CT molecular complexity index is 672. The number of hydrogen-bond acceptors (Lipinski definition) is 6. The van der Waals surface area contributed by atoms with E-state index in [0.29, 0.717) is 17.0 Å². The minimum absolute atomic E-state index is 0.329. The summed E-state index contributed by atoms with van der Waals surface area (Å²) in [6, 6.07) is 4.13. The Morgan fingerprint density at radius 3 is 2.71 bits per heavy atom. The smallest absolute Gasteiger partial charge is 0.408 e. The van der Waals surface area contributed by atoms with Crippen LogP contribution < -0.4 is 21.9 Å². The molecule has 1 aliphatic heterocycles. The van der Waals surface area contributed by atoms with Crippen molar-refractivity contribution in [3.05, 3.63) is 23.8 Å². The van der Waals surface area contributed by atoms with Crippen molar-refractivity contribution in [3.8, 4) is 0 Å². The van der Waals surface area contributed by atoms with Gasteiger partial charge >= 0.3 is 6.09 Å². The average Bonchev–Trinajstić information content (AvgIpc) is 2.63. The van der Waals surface area contributed by atoms with Crippen molar-refractivity contribution in [1.29, 1.82) is 0 Å². The van der Waals surface area contributed by atoms with Crippen LogP contribution in [0.4, 0.5) is 10.5 Å². The van der Waals surface area contributed by atoms with Crippen LogP contribution in [0.15, 0.2) is 23.1 Å². The Labute approximate surface area is 143 Å². The van der Waals surface area contributed by atoms with Crippen molar-refractivity contribution in [2.75, 3.05) is 11.1 Å². The molecule has 0 aliphatic carbocycles. The van der Waals surface area contributed by atoms with E-state index in [4.69, 9.17) is 10.6 Å². The summed E-state index contributed by atoms with van der Waals surface area (Å²) in [4.78, 5) is 36.5. The van der Waals surface area contributed by atoms with Crippen molar-refractivity contribution in [3.63, 3.8) is 0 Å². The van der Waals surface area contributed by atoms with Crippen molar-refractivity contribution >= 4 is 35.4 Å². The van der Waals surface area contributed by atoms with Crippen LogP contribution in [0.3, 0.4) is 0 Å². The number of benzene rings is 1. The number of alkyl carbamates (subject to hydrolysis) is 1. The molecule has 2 rings (SSSR count). The van der Waals surface area contributed by atoms with Gasteiger partial charge in [0.2, 0.25) is 5.91 Å². The highest BCUT2D eigenvalue weighted by Crippen LogP contribution is 2.31. The SMILES string of the molecule is CC(C)(C)OC(=O)N[C@H]1CSc2ccc(C(=O)NN)cc2NC1=O. The van der Waals surface area contributed by atoms with E-state index in [1.54, 1.807) is 32.9 Å². The van der Waals surface area contributed by atoms with Gasteiger partial charge in [0.25, 0.3) is 5.91 Å². The molecule has 0 fully saturated rings. The number of nitrogen functional groups attached to an aromatic ring is 1. The molecular weight excluding hydrogens is 332 g/mol. The van der Waals surface area contributed by atoms with Crippen molar-refractivity contribution < 1.29 is 19.1 Å². The number of thioether (sulfide) groups is 1. The van der Waals surface area contributed by atoms with E-state index in [9.17, 15) is 14.4 Å². The first kappa shape index (κ1) is 18.1. The Hall–Kier alpha value is -2.26. The zero-order valence-corrected chi connectivity index (χ0v) is 14.5. The zero-order valence-electron chi connectivity index (χ0n) is 13.6. The van der Waals surface area contributed by atoms with E-state index < -0.39 is 23.6 Å². The van der Waals surface area contributed by atoms with Crippen molar-refractivity contribution in [2.24, 2.45) is 5.84 Å². The number of nitrogens with two attached hydrogens (primary N) is 1. The Morgan fingerprint density at radius 1 is 1.38 bits per heavy atom. The van der Waals surface area contributed by atoms with Gasteiger partial charge in [0.15, 0.2) is 0 Å². The fourth-order valence-corrected chi connectivity index (χ4v) is 3.01. The van der Waals surface area contributed by atoms with E-state index in [2.05, 4.69) is 10.6 Å². The molecule has 1 atom stereocenters. The summed E-state index contributed by atoms with van der Waals surface area (Å²) >= 11 is 1.39. The van der Waals surface area contributed by atoms with Crippen LogP contribution in [-0.4, -0.2) is 35.3 Å². The molecule has 0 aromatic heterocycles. The quantitative estimate of drug-likeness (QED) is 0.361. The lowest BCUT2D eigenvalue weighted by atomic mass is 10.2. The number of nitrogens with one attached hydrogen (secondary N) is 3. The van der Waals surface area contributed by atoms with Gasteiger partial charge in [-0.2, -0.15) is 0 Å². The molecule has 130 valence electrons. The molecule has 0 spiro atoms. The summed E-state index contributed by atoms with van der Waals surface area (Å²) in [5, 5.41) is 5.26. The fourth-order valence-electron chi connectivity index (χ4n) is 2.00. The average molecular weight is 352 g/mol. The van der Waals surface area contributed by atoms with E-state index in [-0.39, 0.29) is 5.91 Å². The second kappa shape index (κ2) is 7.10. The minimum atomic E-state index is -0.746. The predicted octanol–water partition coefficient (Wildman–Crippen LogP) is 1.23. The Kier molecular flexibility index (Phi) is 5.35. The first-order valence-electron chi connectivity index (χ1n) is 7.28. The summed E-state index contributed by atoms with van der Waals surface area (Å²) in [6.45, 7) is 5.23. The van der Waals surface area contributed by atoms with Gasteiger partial charge < -0.3 is 15.4 Å². The number of hydrazine groups is 1. The molecule has 0 saturated carbocycles. The molecule has 1 heterocycles. The maximum Gasteiger partial charge on any atom is 0.408 e. The molecule has 1 aliphatic rings. The summed E-state index contributed by atoms with van der Waals surface area (Å²) in [5.74, 6) is 4.63. The van der Waals surface area contributed by atoms with Crippen LogP contribution in [0.2, 0.25) is 0 Å². The molecule has 9 heteroatoms. The highest BCUT2D eigenvalue weighted by molar-refractivity contribution is 7.99. The third-order valence-corrected chi connectivity index (χ3v) is 4.21. The van der Waals surface area contributed by atoms with Crippen LogP contribution in [0.5, 0.6) is 0 Å². The van der Waals surface area contributed by atoms with Crippen LogP contribution in [0.25, 0.3) is 0 Å². The monoisotopic (exact) mass is 352 g/mol. The van der Waals surface area contributed by atoms with Gasteiger partial charge in [0.1, 0.15) is 11.6 Å². The Balaban J connectivity index is 2.11. The first-order valence-corrected chi connectivity index (χ1v) is 8.26. The molecule has 3 amide bonds. The maximum atomic E-state index is 12.3. The van der Waals surface area contributed by atoms with Gasteiger partial charge in [-0.1, -0.05) is 0 Å². The lowest BCUT2D eigenvalue weighted by Gasteiger charge is -2.22. The van der Waals surface area contributed by atoms with Gasteiger partial charge in [-0.15, -0.1) is 11.8 Å². The number of ether oxygens (including phenoxy) is 1. The van der Waals surface area contributed by atoms with E-state index in [1.807, 2.05) is 5.43 Å². The Morgan fingerprint density at radius 2 is 2.08 bits per heavy atom. The van der Waals surface area contributed by atoms with Gasteiger partial charge in [-0.05, 0) is 39.0 Å². The second-order valence-electron chi connectivity index (χ2n) is 6.18. The molecular formula is C15H20N4O4S. The van der Waals surface area contributed by atoms with Gasteiger partial charge in [-0.25, -0.2) is 10.6 Å². The number of carbonyl (C=O) groups is 3. The van der Waals surface area contributed by atoms with Gasteiger partial charge in [-0.3, -0.25) is 15.0 Å². The van der Waals surface area contributed by atoms with Crippen LogP contribution in [0.1, 0.15) is 31.1 Å². The number of anilines is 1. The molecule has 1 aromatic rings. The molecule has 0 radical (unpaired) electrons. The lowest BCUT2D eigenvalue weighted by Crippen LogP contribution is -2.46. The largest absolute Gasteiger partial charge is 0.444 e. The molecule has 0 saturated heterocycles. The van der Waals surface area contributed by atoms with E-state index in [1.165, 1.54) is 17.8 Å². The topological polar surface area (TPSA) is 123 Å². The summed E-state index contributed by atoms with van der Waals surface area (Å²) in [7, 11) is 0. The van der Waals surface area contributed by atoms with Crippen molar-refractivity contribution in [2.45, 2.75) is 37.3 Å². The number of rotatable bonds is 2. The second-order valence-corrected chi connectivity index (χ2v) is 7.25. The summed E-state index contributed by atoms with van der Waals surface area (Å²) < 4.78 is 5.17. The number of fused-ring (bicyclic) bond motifs is 1. The highest BCUT2D eigenvalue weighted by Gasteiger charge is 2.28. The maximum absolute atomic E-state index is 12.3. The highest BCUT2D eigenvalue weighted by atomic mass is 32.2. The van der Waals surface area contributed by atoms with E-state index >= 15 is 0 Å². The molecule has 1 aromatic carbocycles. The van der Waals surface area contributed by atoms with Gasteiger partial charge in [0, 0.05) is 16.2 Å². The molecule has 0 bridgehead atoms. The number of amides is 3.